The molecule has 2 N–H and O–H groups in total. The van der Waals surface area contributed by atoms with E-state index in [0.717, 1.165) is 37.1 Å². The van der Waals surface area contributed by atoms with E-state index < -0.39 is 0 Å². The molecule has 0 atom stereocenters. The van der Waals surface area contributed by atoms with Crippen LogP contribution in [-0.2, 0) is 6.54 Å². The molecule has 1 fully saturated rings. The lowest BCUT2D eigenvalue weighted by Crippen LogP contribution is -2.44. The minimum Gasteiger partial charge on any atom is -0.339 e. The van der Waals surface area contributed by atoms with Crippen LogP contribution < -0.4 is 5.73 Å². The van der Waals surface area contributed by atoms with E-state index in [9.17, 15) is 4.79 Å². The zero-order valence-corrected chi connectivity index (χ0v) is 11.8. The van der Waals surface area contributed by atoms with Crippen molar-refractivity contribution in [2.24, 2.45) is 5.73 Å². The summed E-state index contributed by atoms with van der Waals surface area (Å²) >= 11 is 0. The van der Waals surface area contributed by atoms with Gasteiger partial charge in [-0.1, -0.05) is 12.1 Å². The summed E-state index contributed by atoms with van der Waals surface area (Å²) in [4.78, 5) is 16.6. The summed E-state index contributed by atoms with van der Waals surface area (Å²) in [5.74, 6) is 0.109. The molecule has 0 bridgehead atoms. The number of likely N-dealkylation sites (tertiary alicyclic amines) is 1. The highest BCUT2D eigenvalue weighted by Crippen LogP contribution is 2.17. The van der Waals surface area contributed by atoms with Gasteiger partial charge in [0, 0.05) is 25.2 Å². The van der Waals surface area contributed by atoms with Crippen molar-refractivity contribution in [2.45, 2.75) is 25.4 Å². The second-order valence-corrected chi connectivity index (χ2v) is 5.35. The van der Waals surface area contributed by atoms with Crippen LogP contribution in [0.3, 0.4) is 0 Å². The third-order valence-corrected chi connectivity index (χ3v) is 3.99. The van der Waals surface area contributed by atoms with Crippen LogP contribution >= 0.6 is 0 Å². The lowest BCUT2D eigenvalue weighted by atomic mass is 10.0. The third-order valence-electron chi connectivity index (χ3n) is 3.99. The molecular formula is C15H23N3O. The number of carbonyl (C=O) groups is 1. The Bertz CT molecular complexity index is 422. The van der Waals surface area contributed by atoms with Crippen molar-refractivity contribution < 1.29 is 4.79 Å². The van der Waals surface area contributed by atoms with Crippen LogP contribution in [0.2, 0.25) is 0 Å². The van der Waals surface area contributed by atoms with Crippen LogP contribution in [0.5, 0.6) is 0 Å². The second-order valence-electron chi connectivity index (χ2n) is 5.35. The van der Waals surface area contributed by atoms with Crippen molar-refractivity contribution in [1.29, 1.82) is 0 Å². The summed E-state index contributed by atoms with van der Waals surface area (Å²) < 4.78 is 0. The molecule has 0 aromatic heterocycles. The van der Waals surface area contributed by atoms with Gasteiger partial charge < -0.3 is 15.5 Å². The highest BCUT2D eigenvalue weighted by molar-refractivity contribution is 5.94. The van der Waals surface area contributed by atoms with Crippen LogP contribution in [0, 0.1) is 0 Å². The first-order valence-corrected chi connectivity index (χ1v) is 6.86. The number of hydrogen-bond acceptors (Lipinski definition) is 3. The molecule has 0 saturated carbocycles. The van der Waals surface area contributed by atoms with Crippen LogP contribution in [0.25, 0.3) is 0 Å². The molecule has 0 spiro atoms. The first kappa shape index (κ1) is 14.0. The maximum atomic E-state index is 12.4. The van der Waals surface area contributed by atoms with Gasteiger partial charge in [0.1, 0.15) is 0 Å². The number of benzene rings is 1. The van der Waals surface area contributed by atoms with Gasteiger partial charge in [0.2, 0.25) is 0 Å². The molecule has 0 aliphatic carbocycles. The fourth-order valence-electron chi connectivity index (χ4n) is 2.54. The van der Waals surface area contributed by atoms with Gasteiger partial charge in [-0.15, -0.1) is 0 Å². The van der Waals surface area contributed by atoms with Crippen molar-refractivity contribution in [3.8, 4) is 0 Å². The molecule has 4 nitrogen and oxygen atoms in total. The largest absolute Gasteiger partial charge is 0.339 e. The Balaban J connectivity index is 2.01. The number of rotatable bonds is 3. The van der Waals surface area contributed by atoms with Gasteiger partial charge >= 0.3 is 0 Å². The van der Waals surface area contributed by atoms with E-state index >= 15 is 0 Å². The summed E-state index contributed by atoms with van der Waals surface area (Å²) in [5.41, 5.74) is 7.37. The van der Waals surface area contributed by atoms with Gasteiger partial charge in [0.05, 0.1) is 0 Å². The summed E-state index contributed by atoms with van der Waals surface area (Å²) in [6.07, 6.45) is 2.11. The molecule has 1 heterocycles. The Labute approximate surface area is 115 Å². The Hall–Kier alpha value is -1.39. The van der Waals surface area contributed by atoms with E-state index in [1.165, 1.54) is 0 Å². The average molecular weight is 261 g/mol. The van der Waals surface area contributed by atoms with Crippen molar-refractivity contribution in [3.63, 3.8) is 0 Å². The lowest BCUT2D eigenvalue weighted by Gasteiger charge is -2.35. The second kappa shape index (κ2) is 6.17. The zero-order chi connectivity index (χ0) is 13.8. The summed E-state index contributed by atoms with van der Waals surface area (Å²) in [7, 11) is 4.04. The SMILES string of the molecule is CN1CCC(N(C)C(=O)c2ccc(CN)cc2)CC1. The molecule has 1 aliphatic heterocycles. The van der Waals surface area contributed by atoms with Gasteiger partial charge in [-0.25, -0.2) is 0 Å². The predicted molar refractivity (Wildman–Crippen MR) is 76.9 cm³/mol. The minimum atomic E-state index is 0.109. The molecule has 4 heteroatoms. The highest BCUT2D eigenvalue weighted by atomic mass is 16.2. The average Bonchev–Trinajstić information content (AvgIpc) is 2.46. The monoisotopic (exact) mass is 261 g/mol. The highest BCUT2D eigenvalue weighted by Gasteiger charge is 2.24. The molecule has 0 unspecified atom stereocenters. The van der Waals surface area contributed by atoms with Gasteiger partial charge in [-0.05, 0) is 50.7 Å². The first-order chi connectivity index (χ1) is 9.11. The summed E-state index contributed by atoms with van der Waals surface area (Å²) in [6.45, 7) is 2.64. The van der Waals surface area contributed by atoms with E-state index in [1.54, 1.807) is 0 Å². The van der Waals surface area contributed by atoms with Gasteiger partial charge in [-0.3, -0.25) is 4.79 Å². The Morgan fingerprint density at radius 3 is 2.42 bits per heavy atom. The summed E-state index contributed by atoms with van der Waals surface area (Å²) in [6, 6.07) is 7.95. The molecular weight excluding hydrogens is 238 g/mol. The van der Waals surface area contributed by atoms with Crippen molar-refractivity contribution in [3.05, 3.63) is 35.4 Å². The molecule has 1 aromatic carbocycles. The van der Waals surface area contributed by atoms with E-state index in [4.69, 9.17) is 5.73 Å². The number of carbonyl (C=O) groups excluding carboxylic acids is 1. The van der Waals surface area contributed by atoms with Crippen LogP contribution in [0.15, 0.2) is 24.3 Å². The Morgan fingerprint density at radius 1 is 1.32 bits per heavy atom. The number of piperidine rings is 1. The zero-order valence-electron chi connectivity index (χ0n) is 11.8. The number of nitrogens with zero attached hydrogens (tertiary/aromatic N) is 2. The molecule has 2 rings (SSSR count). The first-order valence-electron chi connectivity index (χ1n) is 6.86. The number of amides is 1. The third kappa shape index (κ3) is 3.33. The van der Waals surface area contributed by atoms with Gasteiger partial charge in [0.25, 0.3) is 5.91 Å². The molecule has 1 saturated heterocycles. The minimum absolute atomic E-state index is 0.109. The van der Waals surface area contributed by atoms with Crippen molar-refractivity contribution in [2.75, 3.05) is 27.2 Å². The predicted octanol–water partition coefficient (Wildman–Crippen LogP) is 1.31. The number of nitrogens with two attached hydrogens (primary N) is 1. The van der Waals surface area contributed by atoms with Crippen molar-refractivity contribution >= 4 is 5.91 Å². The van der Waals surface area contributed by atoms with Crippen LogP contribution in [0.1, 0.15) is 28.8 Å². The smallest absolute Gasteiger partial charge is 0.253 e. The van der Waals surface area contributed by atoms with E-state index in [2.05, 4.69) is 11.9 Å². The van der Waals surface area contributed by atoms with Gasteiger partial charge in [-0.2, -0.15) is 0 Å². The molecule has 19 heavy (non-hydrogen) atoms. The molecule has 104 valence electrons. The maximum Gasteiger partial charge on any atom is 0.253 e. The normalized spacial score (nSPS) is 17.4. The fraction of sp³-hybridized carbons (Fsp3) is 0.533. The maximum absolute atomic E-state index is 12.4. The quantitative estimate of drug-likeness (QED) is 0.892. The fourth-order valence-corrected chi connectivity index (χ4v) is 2.54. The van der Waals surface area contributed by atoms with E-state index in [-0.39, 0.29) is 5.91 Å². The van der Waals surface area contributed by atoms with Crippen molar-refractivity contribution in [1.82, 2.24) is 9.80 Å². The van der Waals surface area contributed by atoms with Crippen LogP contribution in [-0.4, -0.2) is 48.9 Å². The van der Waals surface area contributed by atoms with E-state index in [1.807, 2.05) is 36.2 Å². The Morgan fingerprint density at radius 2 is 1.89 bits per heavy atom. The number of hydrogen-bond donors (Lipinski definition) is 1. The molecule has 1 aromatic rings. The standard InChI is InChI=1S/C15H23N3O/c1-17-9-7-14(8-10-17)18(2)15(19)13-5-3-12(11-16)4-6-13/h3-6,14H,7-11,16H2,1-2H3. The lowest BCUT2D eigenvalue weighted by molar-refractivity contribution is 0.0659. The van der Waals surface area contributed by atoms with Gasteiger partial charge in [0.15, 0.2) is 0 Å². The molecule has 1 amide bonds. The topological polar surface area (TPSA) is 49.6 Å². The van der Waals surface area contributed by atoms with E-state index in [0.29, 0.717) is 12.6 Å². The van der Waals surface area contributed by atoms with Crippen LogP contribution in [0.4, 0.5) is 0 Å². The Kier molecular flexibility index (Phi) is 4.56. The molecule has 0 radical (unpaired) electrons. The summed E-state index contributed by atoms with van der Waals surface area (Å²) in [5, 5.41) is 0. The molecule has 1 aliphatic rings.